The van der Waals surface area contributed by atoms with E-state index in [0.717, 1.165) is 66.5 Å². The molecule has 1 saturated heterocycles. The van der Waals surface area contributed by atoms with Gasteiger partial charge in [0, 0.05) is 67.4 Å². The van der Waals surface area contributed by atoms with E-state index >= 15 is 0 Å². The van der Waals surface area contributed by atoms with Crippen LogP contribution in [0.3, 0.4) is 0 Å². The van der Waals surface area contributed by atoms with Gasteiger partial charge in [0.2, 0.25) is 5.91 Å². The zero-order valence-corrected chi connectivity index (χ0v) is 24.2. The number of piperidine rings is 1. The van der Waals surface area contributed by atoms with Gasteiger partial charge in [-0.3, -0.25) is 14.7 Å². The first-order valence-electron chi connectivity index (χ1n) is 14.3. The van der Waals surface area contributed by atoms with Gasteiger partial charge in [-0.2, -0.15) is 13.2 Å². The van der Waals surface area contributed by atoms with Crippen molar-refractivity contribution in [2.24, 2.45) is 0 Å². The highest BCUT2D eigenvalue weighted by Gasteiger charge is 2.31. The van der Waals surface area contributed by atoms with Crippen molar-refractivity contribution in [1.29, 1.82) is 0 Å². The summed E-state index contributed by atoms with van der Waals surface area (Å²) in [5, 5.41) is 3.37. The Balaban J connectivity index is 1.30. The third-order valence-corrected chi connectivity index (χ3v) is 7.83. The van der Waals surface area contributed by atoms with E-state index in [2.05, 4.69) is 32.1 Å². The Morgan fingerprint density at radius 2 is 1.77 bits per heavy atom. The minimum atomic E-state index is -4.40. The van der Waals surface area contributed by atoms with Gasteiger partial charge in [0.1, 0.15) is 5.82 Å². The van der Waals surface area contributed by atoms with Crippen molar-refractivity contribution < 1.29 is 18.0 Å². The van der Waals surface area contributed by atoms with Gasteiger partial charge in [-0.05, 0) is 80.3 Å². The number of imidazole rings is 1. The number of hydrogen-bond donors (Lipinski definition) is 2. The molecule has 0 bridgehead atoms. The van der Waals surface area contributed by atoms with Crippen LogP contribution in [0.1, 0.15) is 54.0 Å². The van der Waals surface area contributed by atoms with Crippen LogP contribution in [0.25, 0.3) is 6.08 Å². The summed E-state index contributed by atoms with van der Waals surface area (Å²) in [6, 6.07) is 16.8. The van der Waals surface area contributed by atoms with Crippen molar-refractivity contribution in [2.75, 3.05) is 18.4 Å². The molecule has 2 aromatic heterocycles. The van der Waals surface area contributed by atoms with E-state index in [1.54, 1.807) is 18.5 Å². The summed E-state index contributed by atoms with van der Waals surface area (Å²) in [6.45, 7) is 6.11. The summed E-state index contributed by atoms with van der Waals surface area (Å²) in [4.78, 5) is 29.7. The number of nitrogens with one attached hydrogen (secondary N) is 2. The summed E-state index contributed by atoms with van der Waals surface area (Å²) < 4.78 is 38.9. The highest BCUT2D eigenvalue weighted by atomic mass is 19.4. The summed E-state index contributed by atoms with van der Waals surface area (Å²) in [5.41, 5.74) is 3.59. The molecule has 7 nitrogen and oxygen atoms in total. The smallest absolute Gasteiger partial charge is 0.355 e. The van der Waals surface area contributed by atoms with Crippen LogP contribution in [0.2, 0.25) is 0 Å². The molecule has 1 aliphatic heterocycles. The van der Waals surface area contributed by atoms with Crippen LogP contribution in [-0.4, -0.2) is 49.8 Å². The molecule has 3 heterocycles. The molecule has 1 aliphatic rings. The lowest BCUT2D eigenvalue weighted by molar-refractivity contribution is -0.137. The number of alkyl halides is 3. The number of anilines is 2. The molecule has 224 valence electrons. The SMILES string of the molecule is Cc1cc(Nc2ccc(CN(C(=O)C=Cc3ccc(C(F)(F)F)cc3)C3CCN(C(C)c4ncc[nH]4)CC3)cc2)ccn1. The highest BCUT2D eigenvalue weighted by molar-refractivity contribution is 5.92. The number of carbonyl (C=O) groups is 1. The number of nitrogens with zero attached hydrogens (tertiary/aromatic N) is 4. The third kappa shape index (κ3) is 7.90. The van der Waals surface area contributed by atoms with Gasteiger partial charge in [-0.15, -0.1) is 0 Å². The lowest BCUT2D eigenvalue weighted by atomic mass is 10.00. The van der Waals surface area contributed by atoms with Crippen LogP contribution in [0.4, 0.5) is 24.5 Å². The number of H-pyrrole nitrogens is 1. The molecule has 1 unspecified atom stereocenters. The number of benzene rings is 2. The van der Waals surface area contributed by atoms with Crippen molar-refractivity contribution in [1.82, 2.24) is 24.8 Å². The van der Waals surface area contributed by atoms with Crippen LogP contribution < -0.4 is 5.32 Å². The number of halogens is 3. The van der Waals surface area contributed by atoms with E-state index in [0.29, 0.717) is 12.1 Å². The summed E-state index contributed by atoms with van der Waals surface area (Å²) in [5.74, 6) is 0.744. The predicted molar refractivity (Wildman–Crippen MR) is 161 cm³/mol. The van der Waals surface area contributed by atoms with Gasteiger partial charge in [0.05, 0.1) is 11.6 Å². The number of aryl methyl sites for hydroxylation is 1. The molecule has 0 radical (unpaired) electrons. The molecule has 2 aromatic carbocycles. The molecule has 10 heteroatoms. The second-order valence-electron chi connectivity index (χ2n) is 10.8. The molecule has 5 rings (SSSR count). The van der Waals surface area contributed by atoms with Gasteiger partial charge in [-0.1, -0.05) is 24.3 Å². The minimum Gasteiger partial charge on any atom is -0.355 e. The van der Waals surface area contributed by atoms with Crippen LogP contribution in [-0.2, 0) is 17.5 Å². The quantitative estimate of drug-likeness (QED) is 0.203. The van der Waals surface area contributed by atoms with Crippen molar-refractivity contribution in [3.63, 3.8) is 0 Å². The van der Waals surface area contributed by atoms with Crippen molar-refractivity contribution in [2.45, 2.75) is 51.5 Å². The number of aromatic amines is 1. The van der Waals surface area contributed by atoms with Gasteiger partial charge in [0.25, 0.3) is 0 Å². The number of hydrogen-bond acceptors (Lipinski definition) is 5. The second kappa shape index (κ2) is 13.2. The normalized spacial score (nSPS) is 15.5. The summed E-state index contributed by atoms with van der Waals surface area (Å²) in [6.07, 6.45) is 5.56. The van der Waals surface area contributed by atoms with Gasteiger partial charge in [-0.25, -0.2) is 4.98 Å². The molecule has 1 fully saturated rings. The minimum absolute atomic E-state index is 0.0161. The Kier molecular flexibility index (Phi) is 9.25. The summed E-state index contributed by atoms with van der Waals surface area (Å²) >= 11 is 0. The number of amides is 1. The Bertz CT molecular complexity index is 1510. The lowest BCUT2D eigenvalue weighted by Gasteiger charge is -2.40. The fourth-order valence-corrected chi connectivity index (χ4v) is 5.38. The van der Waals surface area contributed by atoms with Crippen molar-refractivity contribution >= 4 is 23.4 Å². The largest absolute Gasteiger partial charge is 0.416 e. The van der Waals surface area contributed by atoms with Gasteiger partial charge < -0.3 is 15.2 Å². The molecule has 1 amide bonds. The topological polar surface area (TPSA) is 77.2 Å². The maximum Gasteiger partial charge on any atom is 0.416 e. The second-order valence-corrected chi connectivity index (χ2v) is 10.8. The Hall–Kier alpha value is -4.44. The average Bonchev–Trinajstić information content (AvgIpc) is 3.54. The molecule has 4 aromatic rings. The van der Waals surface area contributed by atoms with Gasteiger partial charge >= 0.3 is 6.18 Å². The van der Waals surface area contributed by atoms with E-state index in [-0.39, 0.29) is 18.0 Å². The van der Waals surface area contributed by atoms with Crippen LogP contribution in [0.15, 0.2) is 85.3 Å². The lowest BCUT2D eigenvalue weighted by Crippen LogP contribution is -2.47. The van der Waals surface area contributed by atoms with E-state index in [1.165, 1.54) is 18.2 Å². The fraction of sp³-hybridized carbons (Fsp3) is 0.303. The van der Waals surface area contributed by atoms with Crippen LogP contribution >= 0.6 is 0 Å². The van der Waals surface area contributed by atoms with E-state index in [4.69, 9.17) is 0 Å². The number of pyridine rings is 1. The monoisotopic (exact) mass is 588 g/mol. The number of rotatable bonds is 9. The zero-order valence-electron chi connectivity index (χ0n) is 24.2. The Morgan fingerprint density at radius 3 is 2.40 bits per heavy atom. The average molecular weight is 589 g/mol. The first-order chi connectivity index (χ1) is 20.7. The first-order valence-corrected chi connectivity index (χ1v) is 14.3. The van der Waals surface area contributed by atoms with Crippen LogP contribution in [0.5, 0.6) is 0 Å². The van der Waals surface area contributed by atoms with E-state index < -0.39 is 11.7 Å². The van der Waals surface area contributed by atoms with E-state index in [1.807, 2.05) is 54.4 Å². The van der Waals surface area contributed by atoms with Crippen molar-refractivity contribution in [3.8, 4) is 0 Å². The molecule has 1 atom stereocenters. The molecule has 2 N–H and O–H groups in total. The van der Waals surface area contributed by atoms with Gasteiger partial charge in [0.15, 0.2) is 0 Å². The molecule has 0 aliphatic carbocycles. The number of aromatic nitrogens is 3. The van der Waals surface area contributed by atoms with Crippen LogP contribution in [0, 0.1) is 6.92 Å². The summed E-state index contributed by atoms with van der Waals surface area (Å²) in [7, 11) is 0. The Morgan fingerprint density at radius 1 is 1.05 bits per heavy atom. The maximum atomic E-state index is 13.6. The molecule has 0 spiro atoms. The molecule has 0 saturated carbocycles. The maximum absolute atomic E-state index is 13.6. The van der Waals surface area contributed by atoms with Crippen molar-refractivity contribution in [3.05, 3.63) is 114 Å². The molecular formula is C33H35F3N6O. The predicted octanol–water partition coefficient (Wildman–Crippen LogP) is 7.14. The number of carbonyl (C=O) groups excluding carboxylic acids is 1. The number of likely N-dealkylation sites (tertiary alicyclic amines) is 1. The Labute approximate surface area is 249 Å². The standard InChI is InChI=1S/C33H35F3N6O/c1-23-21-29(13-16-37-23)40-28-10-5-26(6-11-28)22-42(30-14-19-41(20-15-30)24(2)32-38-17-18-39-32)31(43)12-7-25-3-8-27(9-4-25)33(34,35)36/h3-13,16-18,21,24,30H,14-15,19-20,22H2,1-2H3,(H,37,40)(H,38,39). The van der Waals surface area contributed by atoms with E-state index in [9.17, 15) is 18.0 Å². The zero-order chi connectivity index (χ0) is 30.4. The molecule has 43 heavy (non-hydrogen) atoms. The fourth-order valence-electron chi connectivity index (χ4n) is 5.38. The third-order valence-electron chi connectivity index (χ3n) is 7.83. The molecular weight excluding hydrogens is 553 g/mol. The highest BCUT2D eigenvalue weighted by Crippen LogP contribution is 2.30. The first kappa shape index (κ1) is 30.0.